The average molecular weight is 298 g/mol. The normalized spacial score (nSPS) is 10.4. The van der Waals surface area contributed by atoms with Crippen molar-refractivity contribution in [1.29, 1.82) is 0 Å². The lowest BCUT2D eigenvalue weighted by molar-refractivity contribution is 0.467. The van der Waals surface area contributed by atoms with Crippen LogP contribution >= 0.6 is 0 Å². The molecule has 0 aliphatic carbocycles. The van der Waals surface area contributed by atoms with Crippen molar-refractivity contribution in [2.75, 3.05) is 42.8 Å². The van der Waals surface area contributed by atoms with Gasteiger partial charge in [-0.3, -0.25) is 0 Å². The van der Waals surface area contributed by atoms with Gasteiger partial charge >= 0.3 is 0 Å². The average Bonchev–Trinajstić information content (AvgIpc) is 2.49. The molecule has 1 heterocycles. The van der Waals surface area contributed by atoms with Crippen LogP contribution in [0.2, 0.25) is 0 Å². The molecule has 0 saturated carbocycles. The SMILES string of the molecule is [B]N(C)c1nc(N(C)C)nc(N(C)Cc2ccccc2O)n1. The largest absolute Gasteiger partial charge is 0.508 e. The third kappa shape index (κ3) is 3.57. The number of para-hydroxylation sites is 1. The first-order chi connectivity index (χ1) is 10.4. The number of rotatable bonds is 5. The van der Waals surface area contributed by atoms with E-state index < -0.39 is 0 Å². The zero-order chi connectivity index (χ0) is 16.3. The third-order valence-corrected chi connectivity index (χ3v) is 3.06. The van der Waals surface area contributed by atoms with Gasteiger partial charge in [0.15, 0.2) is 0 Å². The maximum Gasteiger partial charge on any atom is 0.231 e. The molecule has 0 fully saturated rings. The van der Waals surface area contributed by atoms with E-state index in [-0.39, 0.29) is 5.75 Å². The Labute approximate surface area is 131 Å². The van der Waals surface area contributed by atoms with E-state index in [1.54, 1.807) is 24.1 Å². The number of phenolic OH excluding ortho intramolecular Hbond substituents is 1. The highest BCUT2D eigenvalue weighted by Gasteiger charge is 2.14. The molecule has 0 atom stereocenters. The number of aromatic hydroxyl groups is 1. The highest BCUT2D eigenvalue weighted by atomic mass is 16.3. The fourth-order valence-corrected chi connectivity index (χ4v) is 1.84. The van der Waals surface area contributed by atoms with Crippen molar-refractivity contribution in [1.82, 2.24) is 15.0 Å². The quantitative estimate of drug-likeness (QED) is 0.819. The Hall–Kier alpha value is -2.51. The van der Waals surface area contributed by atoms with Gasteiger partial charge in [-0.1, -0.05) is 18.2 Å². The maximum atomic E-state index is 9.88. The highest BCUT2D eigenvalue weighted by Crippen LogP contribution is 2.21. The second kappa shape index (κ2) is 6.51. The van der Waals surface area contributed by atoms with Gasteiger partial charge in [0.25, 0.3) is 0 Å². The number of phenols is 1. The Morgan fingerprint density at radius 3 is 2.14 bits per heavy atom. The number of anilines is 3. The van der Waals surface area contributed by atoms with Crippen LogP contribution in [0.4, 0.5) is 17.8 Å². The summed E-state index contributed by atoms with van der Waals surface area (Å²) in [6, 6.07) is 7.17. The van der Waals surface area contributed by atoms with Gasteiger partial charge in [-0.25, -0.2) is 0 Å². The van der Waals surface area contributed by atoms with Crippen molar-refractivity contribution in [3.63, 3.8) is 0 Å². The van der Waals surface area contributed by atoms with E-state index in [4.69, 9.17) is 7.98 Å². The monoisotopic (exact) mass is 298 g/mol. The Bertz CT molecular complexity index is 623. The number of nitrogens with zero attached hydrogens (tertiary/aromatic N) is 6. The Balaban J connectivity index is 2.32. The summed E-state index contributed by atoms with van der Waals surface area (Å²) < 4.78 is 0. The van der Waals surface area contributed by atoms with E-state index in [0.717, 1.165) is 5.56 Å². The second-order valence-corrected chi connectivity index (χ2v) is 5.23. The van der Waals surface area contributed by atoms with Crippen LogP contribution in [-0.2, 0) is 6.54 Å². The fraction of sp³-hybridized carbons (Fsp3) is 0.357. The fourth-order valence-electron chi connectivity index (χ4n) is 1.84. The number of hydrogen-bond donors (Lipinski definition) is 1. The number of benzene rings is 1. The van der Waals surface area contributed by atoms with Crippen LogP contribution in [0.3, 0.4) is 0 Å². The summed E-state index contributed by atoms with van der Waals surface area (Å²) in [7, 11) is 12.9. The molecular formula is C14H19BN6O. The second-order valence-electron chi connectivity index (χ2n) is 5.23. The summed E-state index contributed by atoms with van der Waals surface area (Å²) in [6.45, 7) is 0.470. The molecule has 8 heteroatoms. The molecule has 114 valence electrons. The van der Waals surface area contributed by atoms with Gasteiger partial charge in [0.1, 0.15) is 5.75 Å². The summed E-state index contributed by atoms with van der Waals surface area (Å²) in [6.07, 6.45) is 0. The zero-order valence-electron chi connectivity index (χ0n) is 13.2. The van der Waals surface area contributed by atoms with E-state index in [1.165, 1.54) is 4.81 Å². The molecule has 22 heavy (non-hydrogen) atoms. The summed E-state index contributed by atoms with van der Waals surface area (Å²) in [5, 5.41) is 9.88. The molecule has 2 rings (SSSR count). The molecule has 1 N–H and O–H groups in total. The molecule has 1 aromatic carbocycles. The van der Waals surface area contributed by atoms with Crippen LogP contribution in [0, 0.1) is 0 Å². The molecule has 0 aliphatic rings. The molecule has 0 bridgehead atoms. The summed E-state index contributed by atoms with van der Waals surface area (Å²) >= 11 is 0. The van der Waals surface area contributed by atoms with Gasteiger partial charge in [0.2, 0.25) is 25.8 Å². The zero-order valence-corrected chi connectivity index (χ0v) is 13.2. The van der Waals surface area contributed by atoms with Gasteiger partial charge in [-0.2, -0.15) is 15.0 Å². The van der Waals surface area contributed by atoms with E-state index in [9.17, 15) is 5.11 Å². The maximum absolute atomic E-state index is 9.88. The van der Waals surface area contributed by atoms with Gasteiger partial charge in [-0.05, 0) is 13.1 Å². The lowest BCUT2D eigenvalue weighted by atomic mass is 10.2. The minimum atomic E-state index is 0.243. The molecule has 0 saturated heterocycles. The van der Waals surface area contributed by atoms with E-state index in [2.05, 4.69) is 15.0 Å². The van der Waals surface area contributed by atoms with Crippen LogP contribution < -0.4 is 14.6 Å². The molecule has 2 aromatic rings. The van der Waals surface area contributed by atoms with Crippen molar-refractivity contribution in [3.8, 4) is 5.75 Å². The van der Waals surface area contributed by atoms with E-state index >= 15 is 0 Å². The Morgan fingerprint density at radius 2 is 1.55 bits per heavy atom. The molecule has 1 aromatic heterocycles. The molecule has 0 unspecified atom stereocenters. The van der Waals surface area contributed by atoms with Crippen molar-refractivity contribution in [2.24, 2.45) is 0 Å². The minimum Gasteiger partial charge on any atom is -0.508 e. The van der Waals surface area contributed by atoms with Gasteiger partial charge in [-0.15, -0.1) is 0 Å². The topological polar surface area (TPSA) is 68.6 Å². The van der Waals surface area contributed by atoms with Crippen molar-refractivity contribution in [3.05, 3.63) is 29.8 Å². The van der Waals surface area contributed by atoms with Crippen molar-refractivity contribution in [2.45, 2.75) is 6.54 Å². The van der Waals surface area contributed by atoms with Crippen LogP contribution in [0.25, 0.3) is 0 Å². The van der Waals surface area contributed by atoms with Crippen LogP contribution in [0.1, 0.15) is 5.56 Å². The van der Waals surface area contributed by atoms with Gasteiger partial charge in [0, 0.05) is 33.3 Å². The van der Waals surface area contributed by atoms with Crippen LogP contribution in [-0.4, -0.2) is 56.2 Å². The standard InChI is InChI=1S/C14H19BN6O/c1-19(2)12-16-13(18-14(17-12)21(4)15)20(3)9-10-7-5-6-8-11(10)22/h5-8,22H,9H2,1-4H3. The van der Waals surface area contributed by atoms with Crippen molar-refractivity contribution < 1.29 is 5.11 Å². The highest BCUT2D eigenvalue weighted by molar-refractivity contribution is 6.16. The van der Waals surface area contributed by atoms with E-state index in [0.29, 0.717) is 24.4 Å². The van der Waals surface area contributed by atoms with Crippen LogP contribution in [0.15, 0.2) is 24.3 Å². The first-order valence-electron chi connectivity index (χ1n) is 6.78. The summed E-state index contributed by atoms with van der Waals surface area (Å²) in [4.78, 5) is 18.0. The van der Waals surface area contributed by atoms with Gasteiger partial charge in [0.05, 0.1) is 0 Å². The predicted molar refractivity (Wildman–Crippen MR) is 88.5 cm³/mol. The molecule has 7 nitrogen and oxygen atoms in total. The molecule has 2 radical (unpaired) electrons. The van der Waals surface area contributed by atoms with E-state index in [1.807, 2.05) is 38.2 Å². The smallest absolute Gasteiger partial charge is 0.231 e. The lowest BCUT2D eigenvalue weighted by Crippen LogP contribution is -2.25. The first-order valence-corrected chi connectivity index (χ1v) is 6.78. The molecule has 0 aliphatic heterocycles. The summed E-state index contributed by atoms with van der Waals surface area (Å²) in [5.74, 6) is 1.61. The Kier molecular flexibility index (Phi) is 4.70. The molecule has 0 spiro atoms. The minimum absolute atomic E-state index is 0.243. The van der Waals surface area contributed by atoms with Gasteiger partial charge < -0.3 is 19.7 Å². The lowest BCUT2D eigenvalue weighted by Gasteiger charge is -2.22. The molecular weight excluding hydrogens is 279 g/mol. The number of aromatic nitrogens is 3. The van der Waals surface area contributed by atoms with Crippen molar-refractivity contribution >= 4 is 25.8 Å². The molecule has 0 amide bonds. The predicted octanol–water partition coefficient (Wildman–Crippen LogP) is 0.799. The Morgan fingerprint density at radius 1 is 0.955 bits per heavy atom. The number of hydrogen-bond acceptors (Lipinski definition) is 7. The van der Waals surface area contributed by atoms with Crippen LogP contribution in [0.5, 0.6) is 5.75 Å². The summed E-state index contributed by atoms with van der Waals surface area (Å²) in [5.41, 5.74) is 0.791. The third-order valence-electron chi connectivity index (χ3n) is 3.06. The first kappa shape index (κ1) is 15.9.